The number of fused-ring (bicyclic) bond motifs is 1. The Morgan fingerprint density at radius 2 is 1.75 bits per heavy atom. The molecule has 0 aliphatic carbocycles. The predicted octanol–water partition coefficient (Wildman–Crippen LogP) is 3.34. The lowest BCUT2D eigenvalue weighted by atomic mass is 9.93. The molecule has 0 unspecified atom stereocenters. The lowest BCUT2D eigenvalue weighted by molar-refractivity contribution is -0.127. The molecular formula is C21H24N2O5. The van der Waals surface area contributed by atoms with E-state index in [0.717, 1.165) is 0 Å². The van der Waals surface area contributed by atoms with Gasteiger partial charge in [-0.2, -0.15) is 0 Å². The lowest BCUT2D eigenvalue weighted by Gasteiger charge is -2.24. The molecule has 0 saturated carbocycles. The number of amides is 2. The lowest BCUT2D eigenvalue weighted by Crippen LogP contribution is -2.39. The number of rotatable bonds is 4. The molecule has 148 valence electrons. The van der Waals surface area contributed by atoms with Crippen LogP contribution in [-0.2, 0) is 4.79 Å². The molecule has 2 aromatic rings. The maximum absolute atomic E-state index is 12.7. The first-order chi connectivity index (χ1) is 13.2. The second-order valence-corrected chi connectivity index (χ2v) is 7.27. The van der Waals surface area contributed by atoms with Crippen molar-refractivity contribution in [2.45, 2.75) is 13.8 Å². The molecule has 3 rings (SSSR count). The van der Waals surface area contributed by atoms with Crippen molar-refractivity contribution in [2.75, 3.05) is 38.1 Å². The Morgan fingerprint density at radius 3 is 2.36 bits per heavy atom. The Labute approximate surface area is 164 Å². The molecule has 2 amide bonds. The molecule has 1 N–H and O–H groups in total. The number of ether oxygens (including phenoxy) is 3. The highest BCUT2D eigenvalue weighted by Crippen LogP contribution is 2.37. The van der Waals surface area contributed by atoms with Crippen LogP contribution in [0.2, 0.25) is 0 Å². The number of nitrogens with one attached hydrogen (secondary N) is 1. The topological polar surface area (TPSA) is 77.1 Å². The van der Waals surface area contributed by atoms with Crippen LogP contribution in [0.15, 0.2) is 36.4 Å². The summed E-state index contributed by atoms with van der Waals surface area (Å²) in [5.74, 6) is 1.27. The van der Waals surface area contributed by atoms with Crippen LogP contribution in [0, 0.1) is 5.41 Å². The second-order valence-electron chi connectivity index (χ2n) is 7.27. The van der Waals surface area contributed by atoms with Crippen LogP contribution in [0.25, 0.3) is 0 Å². The monoisotopic (exact) mass is 384 g/mol. The zero-order valence-electron chi connectivity index (χ0n) is 16.7. The minimum absolute atomic E-state index is 0.0488. The molecule has 0 aromatic heterocycles. The molecule has 28 heavy (non-hydrogen) atoms. The molecule has 1 heterocycles. The van der Waals surface area contributed by atoms with Crippen LogP contribution < -0.4 is 24.4 Å². The van der Waals surface area contributed by atoms with Gasteiger partial charge in [-0.05, 0) is 44.2 Å². The largest absolute Gasteiger partial charge is 0.497 e. The number of benzene rings is 2. The third-order valence-electron chi connectivity index (χ3n) is 4.66. The first-order valence-electron chi connectivity index (χ1n) is 8.84. The number of methoxy groups -OCH3 is 2. The van der Waals surface area contributed by atoms with Gasteiger partial charge < -0.3 is 24.4 Å². The second kappa shape index (κ2) is 7.42. The summed E-state index contributed by atoms with van der Waals surface area (Å²) in [6, 6.07) is 10.2. The van der Waals surface area contributed by atoms with Gasteiger partial charge in [0.2, 0.25) is 5.91 Å². The van der Waals surface area contributed by atoms with Gasteiger partial charge in [0.05, 0.1) is 25.3 Å². The SMILES string of the molecule is COc1cc(OC)cc(C(=O)Nc2ccc3c(c2)N(C)C(=O)C(C)(C)CO3)c1. The van der Waals surface area contributed by atoms with E-state index in [9.17, 15) is 9.59 Å². The van der Waals surface area contributed by atoms with Gasteiger partial charge in [0.15, 0.2) is 0 Å². The van der Waals surface area contributed by atoms with Gasteiger partial charge in [-0.3, -0.25) is 9.59 Å². The van der Waals surface area contributed by atoms with Gasteiger partial charge in [-0.25, -0.2) is 0 Å². The first kappa shape index (κ1) is 19.5. The molecule has 1 aliphatic rings. The van der Waals surface area contributed by atoms with Gasteiger partial charge >= 0.3 is 0 Å². The van der Waals surface area contributed by atoms with Crippen molar-refractivity contribution in [3.8, 4) is 17.2 Å². The van der Waals surface area contributed by atoms with Crippen molar-refractivity contribution in [1.29, 1.82) is 0 Å². The summed E-state index contributed by atoms with van der Waals surface area (Å²) < 4.78 is 16.2. The zero-order valence-corrected chi connectivity index (χ0v) is 16.7. The average molecular weight is 384 g/mol. The number of anilines is 2. The quantitative estimate of drug-likeness (QED) is 0.875. The van der Waals surface area contributed by atoms with Gasteiger partial charge in [0, 0.05) is 24.4 Å². The summed E-state index contributed by atoms with van der Waals surface area (Å²) in [4.78, 5) is 26.9. The summed E-state index contributed by atoms with van der Waals surface area (Å²) in [6.45, 7) is 3.98. The smallest absolute Gasteiger partial charge is 0.255 e. The van der Waals surface area contributed by atoms with Crippen molar-refractivity contribution in [3.63, 3.8) is 0 Å². The molecule has 7 nitrogen and oxygen atoms in total. The van der Waals surface area contributed by atoms with E-state index in [2.05, 4.69) is 5.32 Å². The molecule has 0 spiro atoms. The molecule has 0 radical (unpaired) electrons. The number of hydrogen-bond donors (Lipinski definition) is 1. The van der Waals surface area contributed by atoms with E-state index in [1.165, 1.54) is 14.2 Å². The predicted molar refractivity (Wildman–Crippen MR) is 107 cm³/mol. The third kappa shape index (κ3) is 3.74. The first-order valence-corrected chi connectivity index (χ1v) is 8.84. The third-order valence-corrected chi connectivity index (χ3v) is 4.66. The van der Waals surface area contributed by atoms with Crippen LogP contribution in [0.3, 0.4) is 0 Å². The Morgan fingerprint density at radius 1 is 1.11 bits per heavy atom. The Bertz CT molecular complexity index is 901. The van der Waals surface area contributed by atoms with Crippen molar-refractivity contribution in [3.05, 3.63) is 42.0 Å². The van der Waals surface area contributed by atoms with Gasteiger partial charge in [-0.1, -0.05) is 0 Å². The van der Waals surface area contributed by atoms with Crippen LogP contribution in [0.1, 0.15) is 24.2 Å². The molecule has 0 saturated heterocycles. The van der Waals surface area contributed by atoms with E-state index in [1.807, 2.05) is 13.8 Å². The number of hydrogen-bond acceptors (Lipinski definition) is 5. The molecule has 0 atom stereocenters. The van der Waals surface area contributed by atoms with Gasteiger partial charge in [-0.15, -0.1) is 0 Å². The van der Waals surface area contributed by atoms with E-state index in [0.29, 0.717) is 40.8 Å². The van der Waals surface area contributed by atoms with Gasteiger partial charge in [0.1, 0.15) is 23.9 Å². The molecule has 0 bridgehead atoms. The summed E-state index contributed by atoms with van der Waals surface area (Å²) in [7, 11) is 4.75. The molecule has 1 aliphatic heterocycles. The molecule has 2 aromatic carbocycles. The zero-order chi connectivity index (χ0) is 20.5. The number of carbonyl (C=O) groups is 2. The maximum Gasteiger partial charge on any atom is 0.255 e. The van der Waals surface area contributed by atoms with Crippen LogP contribution in [-0.4, -0.2) is 39.7 Å². The molecular weight excluding hydrogens is 360 g/mol. The van der Waals surface area contributed by atoms with E-state index >= 15 is 0 Å². The van der Waals surface area contributed by atoms with E-state index in [4.69, 9.17) is 14.2 Å². The standard InChI is InChI=1S/C21H24N2O5/c1-21(2)12-28-18-7-6-14(10-17(18)23(3)20(21)25)22-19(24)13-8-15(26-4)11-16(9-13)27-5/h6-11H,12H2,1-5H3,(H,22,24). The Kier molecular flexibility index (Phi) is 5.18. The van der Waals surface area contributed by atoms with E-state index < -0.39 is 5.41 Å². The van der Waals surface area contributed by atoms with Crippen molar-refractivity contribution < 1.29 is 23.8 Å². The fraction of sp³-hybridized carbons (Fsp3) is 0.333. The highest BCUT2D eigenvalue weighted by Gasteiger charge is 2.36. The van der Waals surface area contributed by atoms with Crippen LogP contribution >= 0.6 is 0 Å². The summed E-state index contributed by atoms with van der Waals surface area (Å²) in [5.41, 5.74) is 0.923. The van der Waals surface area contributed by atoms with Gasteiger partial charge in [0.25, 0.3) is 5.91 Å². The normalized spacial score (nSPS) is 15.2. The Balaban J connectivity index is 1.88. The fourth-order valence-corrected chi connectivity index (χ4v) is 3.00. The number of carbonyl (C=O) groups excluding carboxylic acids is 2. The van der Waals surface area contributed by atoms with Crippen molar-refractivity contribution in [2.24, 2.45) is 5.41 Å². The van der Waals surface area contributed by atoms with Crippen molar-refractivity contribution >= 4 is 23.2 Å². The molecule has 7 heteroatoms. The van der Waals surface area contributed by atoms with Crippen molar-refractivity contribution in [1.82, 2.24) is 0 Å². The fourth-order valence-electron chi connectivity index (χ4n) is 3.00. The Hall–Kier alpha value is -3.22. The summed E-state index contributed by atoms with van der Waals surface area (Å²) in [6.07, 6.45) is 0. The van der Waals surface area contributed by atoms with Crippen LogP contribution in [0.4, 0.5) is 11.4 Å². The van der Waals surface area contributed by atoms with Crippen LogP contribution in [0.5, 0.6) is 17.2 Å². The minimum atomic E-state index is -0.631. The summed E-state index contributed by atoms with van der Waals surface area (Å²) in [5, 5.41) is 2.84. The molecule has 0 fully saturated rings. The number of nitrogens with zero attached hydrogens (tertiary/aromatic N) is 1. The van der Waals surface area contributed by atoms with E-state index in [-0.39, 0.29) is 11.8 Å². The average Bonchev–Trinajstić information content (AvgIpc) is 2.78. The van der Waals surface area contributed by atoms with E-state index in [1.54, 1.807) is 48.3 Å². The highest BCUT2D eigenvalue weighted by atomic mass is 16.5. The highest BCUT2D eigenvalue weighted by molar-refractivity contribution is 6.06. The maximum atomic E-state index is 12.7. The minimum Gasteiger partial charge on any atom is -0.497 e. The summed E-state index contributed by atoms with van der Waals surface area (Å²) >= 11 is 0.